The highest BCUT2D eigenvalue weighted by atomic mass is 16.6. The number of para-hydroxylation sites is 2. The largest absolute Gasteiger partial charge is 0.378 e. The zero-order chi connectivity index (χ0) is 16.3. The number of hydrogen-bond acceptors (Lipinski definition) is 5. The van der Waals surface area contributed by atoms with Crippen LogP contribution in [0.1, 0.15) is 19.3 Å². The Bertz CT molecular complexity index is 599. The fourth-order valence-corrected chi connectivity index (χ4v) is 3.48. The number of nitrogens with zero attached hydrogens (tertiary/aromatic N) is 1. The lowest BCUT2D eigenvalue weighted by Crippen LogP contribution is -2.35. The van der Waals surface area contributed by atoms with Crippen LogP contribution in [0.15, 0.2) is 24.3 Å². The molecule has 3 N–H and O–H groups in total. The molecule has 1 aliphatic heterocycles. The second-order valence-corrected chi connectivity index (χ2v) is 6.36. The lowest BCUT2D eigenvalue weighted by Gasteiger charge is -2.23. The number of amides is 1. The summed E-state index contributed by atoms with van der Waals surface area (Å²) in [6, 6.07) is 6.52. The van der Waals surface area contributed by atoms with Gasteiger partial charge >= 0.3 is 0 Å². The summed E-state index contributed by atoms with van der Waals surface area (Å²) in [4.78, 5) is 22.7. The molecule has 0 bridgehead atoms. The van der Waals surface area contributed by atoms with Gasteiger partial charge in [-0.25, -0.2) is 0 Å². The molecule has 7 nitrogen and oxygen atoms in total. The lowest BCUT2D eigenvalue weighted by molar-refractivity contribution is -0.384. The van der Waals surface area contributed by atoms with Crippen molar-refractivity contribution in [1.82, 2.24) is 10.6 Å². The van der Waals surface area contributed by atoms with E-state index in [1.165, 1.54) is 6.07 Å². The lowest BCUT2D eigenvalue weighted by atomic mass is 9.92. The van der Waals surface area contributed by atoms with E-state index in [-0.39, 0.29) is 22.9 Å². The van der Waals surface area contributed by atoms with Crippen molar-refractivity contribution < 1.29 is 9.72 Å². The molecule has 124 valence electrons. The zero-order valence-electron chi connectivity index (χ0n) is 13.0. The summed E-state index contributed by atoms with van der Waals surface area (Å²) in [6.07, 6.45) is 3.16. The van der Waals surface area contributed by atoms with Gasteiger partial charge in [0.25, 0.3) is 5.69 Å². The van der Waals surface area contributed by atoms with Crippen molar-refractivity contribution in [3.05, 3.63) is 34.4 Å². The van der Waals surface area contributed by atoms with Gasteiger partial charge in [-0.15, -0.1) is 0 Å². The van der Waals surface area contributed by atoms with E-state index in [0.717, 1.165) is 32.4 Å². The summed E-state index contributed by atoms with van der Waals surface area (Å²) in [5.74, 6) is 0.270. The van der Waals surface area contributed by atoms with Gasteiger partial charge < -0.3 is 16.0 Å². The average molecular weight is 318 g/mol. The van der Waals surface area contributed by atoms with Crippen LogP contribution in [0.5, 0.6) is 0 Å². The van der Waals surface area contributed by atoms with Crippen molar-refractivity contribution >= 4 is 17.3 Å². The Morgan fingerprint density at radius 1 is 1.30 bits per heavy atom. The van der Waals surface area contributed by atoms with Gasteiger partial charge in [0.15, 0.2) is 0 Å². The highest BCUT2D eigenvalue weighted by molar-refractivity contribution is 5.82. The van der Waals surface area contributed by atoms with Gasteiger partial charge in [0.1, 0.15) is 5.69 Å². The molecule has 7 heteroatoms. The molecule has 0 aromatic heterocycles. The van der Waals surface area contributed by atoms with Gasteiger partial charge in [0.2, 0.25) is 5.91 Å². The SMILES string of the molecule is O=C(NCCNc1ccccc1[N+](=O)[O-])C1CC12CCNCC2. The van der Waals surface area contributed by atoms with Crippen molar-refractivity contribution in [3.8, 4) is 0 Å². The third kappa shape index (κ3) is 3.44. The molecule has 1 aliphatic carbocycles. The second-order valence-electron chi connectivity index (χ2n) is 6.36. The van der Waals surface area contributed by atoms with Gasteiger partial charge in [-0.1, -0.05) is 12.1 Å². The van der Waals surface area contributed by atoms with Crippen LogP contribution in [-0.2, 0) is 4.79 Å². The smallest absolute Gasteiger partial charge is 0.292 e. The van der Waals surface area contributed by atoms with Crippen molar-refractivity contribution in [1.29, 1.82) is 0 Å². The van der Waals surface area contributed by atoms with Crippen LogP contribution >= 0.6 is 0 Å². The van der Waals surface area contributed by atoms with Crippen LogP contribution in [0.4, 0.5) is 11.4 Å². The fraction of sp³-hybridized carbons (Fsp3) is 0.562. The maximum absolute atomic E-state index is 12.2. The summed E-state index contributed by atoms with van der Waals surface area (Å²) >= 11 is 0. The minimum absolute atomic E-state index is 0.0506. The van der Waals surface area contributed by atoms with Gasteiger partial charge in [-0.2, -0.15) is 0 Å². The van der Waals surface area contributed by atoms with Crippen molar-refractivity contribution in [2.45, 2.75) is 19.3 Å². The highest BCUT2D eigenvalue weighted by Crippen LogP contribution is 2.58. The molecule has 0 radical (unpaired) electrons. The molecule has 1 saturated heterocycles. The van der Waals surface area contributed by atoms with Gasteiger partial charge in [-0.05, 0) is 43.8 Å². The number of hydrogen-bond donors (Lipinski definition) is 3. The Morgan fingerprint density at radius 3 is 2.78 bits per heavy atom. The maximum Gasteiger partial charge on any atom is 0.292 e. The fourth-order valence-electron chi connectivity index (χ4n) is 3.48. The Hall–Kier alpha value is -2.15. The van der Waals surface area contributed by atoms with Crippen LogP contribution in [-0.4, -0.2) is 37.0 Å². The first kappa shape index (κ1) is 15.7. The minimum atomic E-state index is -0.411. The summed E-state index contributed by atoms with van der Waals surface area (Å²) in [5.41, 5.74) is 0.767. The van der Waals surface area contributed by atoms with Crippen LogP contribution in [0.25, 0.3) is 0 Å². The number of nitro groups is 1. The Morgan fingerprint density at radius 2 is 2.04 bits per heavy atom. The van der Waals surface area contributed by atoms with Crippen LogP contribution < -0.4 is 16.0 Å². The molecule has 3 rings (SSSR count). The van der Waals surface area contributed by atoms with E-state index in [1.807, 2.05) is 0 Å². The number of nitrogens with one attached hydrogen (secondary N) is 3. The van der Waals surface area contributed by atoms with Gasteiger partial charge in [0.05, 0.1) is 4.92 Å². The summed E-state index contributed by atoms with van der Waals surface area (Å²) in [6.45, 7) is 2.94. The molecule has 1 aromatic rings. The van der Waals surface area contributed by atoms with E-state index in [1.54, 1.807) is 18.2 Å². The van der Waals surface area contributed by atoms with E-state index in [4.69, 9.17) is 0 Å². The first-order valence-electron chi connectivity index (χ1n) is 8.08. The highest BCUT2D eigenvalue weighted by Gasteiger charge is 2.57. The number of carbonyl (C=O) groups is 1. The molecular formula is C16H22N4O3. The number of carbonyl (C=O) groups excluding carboxylic acids is 1. The van der Waals surface area contributed by atoms with E-state index in [2.05, 4.69) is 16.0 Å². The average Bonchev–Trinajstić information content (AvgIpc) is 3.25. The predicted octanol–water partition coefficient (Wildman–Crippen LogP) is 1.51. The molecule has 1 unspecified atom stereocenters. The van der Waals surface area contributed by atoms with Crippen molar-refractivity contribution in [3.63, 3.8) is 0 Å². The third-order valence-electron chi connectivity index (χ3n) is 4.95. The number of piperidine rings is 1. The normalized spacial score (nSPS) is 21.7. The maximum atomic E-state index is 12.2. The molecule has 1 aromatic carbocycles. The number of benzene rings is 1. The minimum Gasteiger partial charge on any atom is -0.378 e. The van der Waals surface area contributed by atoms with Crippen molar-refractivity contribution in [2.75, 3.05) is 31.5 Å². The number of anilines is 1. The molecule has 1 heterocycles. The van der Waals surface area contributed by atoms with Crippen LogP contribution in [0.2, 0.25) is 0 Å². The second kappa shape index (κ2) is 6.54. The van der Waals surface area contributed by atoms with Crippen LogP contribution in [0, 0.1) is 21.4 Å². The Balaban J connectivity index is 1.42. The topological polar surface area (TPSA) is 96.3 Å². The van der Waals surface area contributed by atoms with Gasteiger partial charge in [-0.3, -0.25) is 14.9 Å². The molecule has 2 aliphatic rings. The summed E-state index contributed by atoms with van der Waals surface area (Å²) in [5, 5.41) is 20.2. The van der Waals surface area contributed by atoms with E-state index in [0.29, 0.717) is 18.8 Å². The Kier molecular flexibility index (Phi) is 4.47. The van der Waals surface area contributed by atoms with E-state index in [9.17, 15) is 14.9 Å². The van der Waals surface area contributed by atoms with Gasteiger partial charge in [0, 0.05) is 25.1 Å². The summed E-state index contributed by atoms with van der Waals surface area (Å²) in [7, 11) is 0. The van der Waals surface area contributed by atoms with Crippen LogP contribution in [0.3, 0.4) is 0 Å². The van der Waals surface area contributed by atoms with E-state index >= 15 is 0 Å². The molecule has 1 atom stereocenters. The first-order chi connectivity index (χ1) is 11.1. The molecule has 1 saturated carbocycles. The monoisotopic (exact) mass is 318 g/mol. The predicted molar refractivity (Wildman–Crippen MR) is 87.2 cm³/mol. The molecule has 1 spiro atoms. The molecule has 23 heavy (non-hydrogen) atoms. The quantitative estimate of drug-likeness (QED) is 0.420. The molecular weight excluding hydrogens is 296 g/mol. The summed E-state index contributed by atoms with van der Waals surface area (Å²) < 4.78 is 0. The standard InChI is InChI=1S/C16H22N4O3/c21-15(12-11-16(12)5-7-17-8-6-16)19-10-9-18-13-3-1-2-4-14(13)20(22)23/h1-4,12,17-18H,5-11H2,(H,19,21). The number of nitro benzene ring substituents is 1. The number of rotatable bonds is 6. The zero-order valence-corrected chi connectivity index (χ0v) is 13.0. The van der Waals surface area contributed by atoms with Crippen molar-refractivity contribution in [2.24, 2.45) is 11.3 Å². The third-order valence-corrected chi connectivity index (χ3v) is 4.95. The van der Waals surface area contributed by atoms with E-state index < -0.39 is 4.92 Å². The molecule has 1 amide bonds. The molecule has 2 fully saturated rings. The first-order valence-corrected chi connectivity index (χ1v) is 8.08. The Labute approximate surface area is 135 Å².